The van der Waals surface area contributed by atoms with Crippen molar-refractivity contribution >= 4 is 23.1 Å². The Hall–Kier alpha value is -2.45. The van der Waals surface area contributed by atoms with Gasteiger partial charge in [0.25, 0.3) is 0 Å². The largest absolute Gasteiger partial charge is 0.372 e. The smallest absolute Gasteiger partial charge is 0.249 e. The van der Waals surface area contributed by atoms with Gasteiger partial charge in [-0.2, -0.15) is 10.1 Å². The number of ether oxygens (including phenoxy) is 2. The van der Waals surface area contributed by atoms with E-state index in [1.807, 2.05) is 0 Å². The SMILES string of the molecule is c1cc(N2CCCC2)ccc1Nc1nncc(N2CCC3(CC2)OCCO3)n1. The lowest BCUT2D eigenvalue weighted by molar-refractivity contribution is -0.169. The fourth-order valence-electron chi connectivity index (χ4n) is 4.22. The summed E-state index contributed by atoms with van der Waals surface area (Å²) in [5, 5.41) is 11.6. The van der Waals surface area contributed by atoms with Crippen LogP contribution in [0, 0.1) is 0 Å². The number of hydrogen-bond donors (Lipinski definition) is 1. The molecule has 0 unspecified atom stereocenters. The van der Waals surface area contributed by atoms with Crippen molar-refractivity contribution in [2.24, 2.45) is 0 Å². The average molecular weight is 382 g/mol. The van der Waals surface area contributed by atoms with E-state index in [1.165, 1.54) is 18.5 Å². The molecule has 1 aromatic carbocycles. The molecule has 3 saturated heterocycles. The molecular weight excluding hydrogens is 356 g/mol. The summed E-state index contributed by atoms with van der Waals surface area (Å²) in [5.41, 5.74) is 2.24. The zero-order valence-electron chi connectivity index (χ0n) is 16.0. The van der Waals surface area contributed by atoms with Crippen LogP contribution in [0.4, 0.5) is 23.1 Å². The summed E-state index contributed by atoms with van der Waals surface area (Å²) in [6.45, 7) is 5.36. The highest BCUT2D eigenvalue weighted by molar-refractivity contribution is 5.60. The van der Waals surface area contributed by atoms with E-state index in [0.29, 0.717) is 19.2 Å². The molecule has 1 spiro atoms. The molecule has 3 fully saturated rings. The van der Waals surface area contributed by atoms with Crippen LogP contribution in [-0.2, 0) is 9.47 Å². The van der Waals surface area contributed by atoms with Gasteiger partial charge in [0, 0.05) is 50.4 Å². The van der Waals surface area contributed by atoms with Gasteiger partial charge < -0.3 is 24.6 Å². The Bertz CT molecular complexity index is 793. The number of rotatable bonds is 4. The van der Waals surface area contributed by atoms with E-state index < -0.39 is 0 Å². The standard InChI is InChI=1S/C20H26N6O2/c1-2-10-25(9-1)17-5-3-16(4-6-17)22-19-23-18(15-21-24-19)26-11-7-20(8-12-26)27-13-14-28-20/h3-6,15H,1-2,7-14H2,(H,22,23,24). The van der Waals surface area contributed by atoms with E-state index in [2.05, 4.69) is 54.6 Å². The lowest BCUT2D eigenvalue weighted by atomic mass is 10.0. The third-order valence-corrected chi connectivity index (χ3v) is 5.80. The first kappa shape index (κ1) is 17.6. The molecule has 3 aliphatic heterocycles. The lowest BCUT2D eigenvalue weighted by Crippen LogP contribution is -2.45. The Labute approximate surface area is 164 Å². The summed E-state index contributed by atoms with van der Waals surface area (Å²) < 4.78 is 11.6. The number of hydrogen-bond acceptors (Lipinski definition) is 8. The van der Waals surface area contributed by atoms with Gasteiger partial charge in [0.2, 0.25) is 5.95 Å². The number of nitrogens with zero attached hydrogens (tertiary/aromatic N) is 5. The Kier molecular flexibility index (Phi) is 4.74. The van der Waals surface area contributed by atoms with Crippen molar-refractivity contribution in [2.45, 2.75) is 31.5 Å². The Morgan fingerprint density at radius 3 is 2.32 bits per heavy atom. The van der Waals surface area contributed by atoms with Crippen LogP contribution in [0.3, 0.4) is 0 Å². The topological polar surface area (TPSA) is 75.6 Å². The van der Waals surface area contributed by atoms with Crippen LogP contribution in [0.5, 0.6) is 0 Å². The van der Waals surface area contributed by atoms with Crippen molar-refractivity contribution in [3.05, 3.63) is 30.5 Å². The van der Waals surface area contributed by atoms with Crippen molar-refractivity contribution in [3.63, 3.8) is 0 Å². The highest BCUT2D eigenvalue weighted by Gasteiger charge is 2.40. The maximum absolute atomic E-state index is 5.80. The Morgan fingerprint density at radius 1 is 0.893 bits per heavy atom. The maximum Gasteiger partial charge on any atom is 0.249 e. The van der Waals surface area contributed by atoms with Gasteiger partial charge in [-0.25, -0.2) is 0 Å². The first-order valence-electron chi connectivity index (χ1n) is 10.1. The van der Waals surface area contributed by atoms with E-state index >= 15 is 0 Å². The molecule has 0 saturated carbocycles. The first-order chi connectivity index (χ1) is 13.8. The van der Waals surface area contributed by atoms with Crippen LogP contribution in [0.1, 0.15) is 25.7 Å². The highest BCUT2D eigenvalue weighted by Crippen LogP contribution is 2.32. The van der Waals surface area contributed by atoms with E-state index in [1.54, 1.807) is 6.20 Å². The Morgan fingerprint density at radius 2 is 1.61 bits per heavy atom. The molecule has 28 heavy (non-hydrogen) atoms. The molecule has 2 aromatic rings. The minimum Gasteiger partial charge on any atom is -0.372 e. The summed E-state index contributed by atoms with van der Waals surface area (Å²) in [5.74, 6) is 0.967. The molecule has 0 radical (unpaired) electrons. The van der Waals surface area contributed by atoms with Crippen LogP contribution in [-0.4, -0.2) is 60.4 Å². The fourth-order valence-corrected chi connectivity index (χ4v) is 4.22. The minimum absolute atomic E-state index is 0.380. The molecule has 1 aromatic heterocycles. The van der Waals surface area contributed by atoms with Gasteiger partial charge in [0.15, 0.2) is 11.6 Å². The first-order valence-corrected chi connectivity index (χ1v) is 10.1. The number of piperidine rings is 1. The fraction of sp³-hybridized carbons (Fsp3) is 0.550. The van der Waals surface area contributed by atoms with Crippen molar-refractivity contribution in [2.75, 3.05) is 54.5 Å². The number of nitrogens with one attached hydrogen (secondary N) is 1. The van der Waals surface area contributed by atoms with Gasteiger partial charge >= 0.3 is 0 Å². The molecule has 8 heteroatoms. The molecule has 8 nitrogen and oxygen atoms in total. The number of anilines is 4. The van der Waals surface area contributed by atoms with Gasteiger partial charge in [-0.05, 0) is 37.1 Å². The predicted molar refractivity (Wildman–Crippen MR) is 107 cm³/mol. The van der Waals surface area contributed by atoms with E-state index in [4.69, 9.17) is 9.47 Å². The molecule has 1 N–H and O–H groups in total. The van der Waals surface area contributed by atoms with E-state index in [0.717, 1.165) is 50.5 Å². The zero-order chi connectivity index (χ0) is 18.8. The molecule has 0 amide bonds. The summed E-state index contributed by atoms with van der Waals surface area (Å²) in [6.07, 6.45) is 5.97. The van der Waals surface area contributed by atoms with Crippen LogP contribution in [0.25, 0.3) is 0 Å². The van der Waals surface area contributed by atoms with E-state index in [9.17, 15) is 0 Å². The van der Waals surface area contributed by atoms with Crippen molar-refractivity contribution < 1.29 is 9.47 Å². The number of benzene rings is 1. The molecule has 148 valence electrons. The van der Waals surface area contributed by atoms with Gasteiger partial charge in [0.05, 0.1) is 19.4 Å². The van der Waals surface area contributed by atoms with Gasteiger partial charge in [-0.3, -0.25) is 0 Å². The molecule has 4 heterocycles. The second-order valence-corrected chi connectivity index (χ2v) is 7.60. The third kappa shape index (κ3) is 3.62. The summed E-state index contributed by atoms with van der Waals surface area (Å²) >= 11 is 0. The van der Waals surface area contributed by atoms with Crippen molar-refractivity contribution in [3.8, 4) is 0 Å². The maximum atomic E-state index is 5.80. The van der Waals surface area contributed by atoms with E-state index in [-0.39, 0.29) is 5.79 Å². The Balaban J connectivity index is 1.23. The molecule has 0 aliphatic carbocycles. The summed E-state index contributed by atoms with van der Waals surface area (Å²) in [7, 11) is 0. The van der Waals surface area contributed by atoms with Crippen LogP contribution in [0.15, 0.2) is 30.5 Å². The van der Waals surface area contributed by atoms with Crippen LogP contribution in [0.2, 0.25) is 0 Å². The van der Waals surface area contributed by atoms with Gasteiger partial charge in [0.1, 0.15) is 0 Å². The molecule has 0 bridgehead atoms. The zero-order valence-corrected chi connectivity index (χ0v) is 16.0. The highest BCUT2D eigenvalue weighted by atomic mass is 16.7. The predicted octanol–water partition coefficient (Wildman–Crippen LogP) is 2.56. The summed E-state index contributed by atoms with van der Waals surface area (Å²) in [4.78, 5) is 9.29. The molecule has 5 rings (SSSR count). The number of aromatic nitrogens is 3. The minimum atomic E-state index is -0.380. The molecule has 0 atom stereocenters. The normalized spacial score (nSPS) is 21.4. The summed E-state index contributed by atoms with van der Waals surface area (Å²) in [6, 6.07) is 8.44. The molecular formula is C20H26N6O2. The quantitative estimate of drug-likeness (QED) is 0.865. The third-order valence-electron chi connectivity index (χ3n) is 5.80. The second-order valence-electron chi connectivity index (χ2n) is 7.60. The van der Waals surface area contributed by atoms with Crippen molar-refractivity contribution in [1.29, 1.82) is 0 Å². The monoisotopic (exact) mass is 382 g/mol. The second kappa shape index (κ2) is 7.52. The van der Waals surface area contributed by atoms with Crippen molar-refractivity contribution in [1.82, 2.24) is 15.2 Å². The van der Waals surface area contributed by atoms with Gasteiger partial charge in [-0.1, -0.05) is 0 Å². The van der Waals surface area contributed by atoms with Crippen LogP contribution < -0.4 is 15.1 Å². The molecule has 3 aliphatic rings. The average Bonchev–Trinajstić information content (AvgIpc) is 3.42. The lowest BCUT2D eigenvalue weighted by Gasteiger charge is -2.37. The van der Waals surface area contributed by atoms with Gasteiger partial charge in [-0.15, -0.1) is 5.10 Å². The van der Waals surface area contributed by atoms with Crippen LogP contribution >= 0.6 is 0 Å².